The first kappa shape index (κ1) is 33.5. The van der Waals surface area contributed by atoms with Crippen molar-refractivity contribution in [2.45, 2.75) is 55.1 Å². The number of nitrogens with zero attached hydrogens (tertiary/aromatic N) is 4. The minimum Gasteiger partial charge on any atom is -0.480 e. The number of aliphatic carboxylic acids is 5. The number of hydrogen-bond acceptors (Lipinski definition) is 10. The minimum atomic E-state index is -1.25. The van der Waals surface area contributed by atoms with Crippen LogP contribution in [-0.2, 0) is 30.4 Å². The van der Waals surface area contributed by atoms with Gasteiger partial charge in [-0.1, -0.05) is 18.6 Å². The Morgan fingerprint density at radius 2 is 1.24 bits per heavy atom. The number of hydrogen-bond donors (Lipinski definition) is 5. The molecule has 0 spiro atoms. The molecule has 5 N–H and O–H groups in total. The highest BCUT2D eigenvalue weighted by molar-refractivity contribution is 8.03. The average molecular weight is 595 g/mol. The van der Waals surface area contributed by atoms with Crippen molar-refractivity contribution in [3.63, 3.8) is 0 Å². The van der Waals surface area contributed by atoms with E-state index in [1.165, 1.54) is 9.80 Å². The van der Waals surface area contributed by atoms with Crippen LogP contribution in [0, 0.1) is 10.7 Å². The van der Waals surface area contributed by atoms with Crippen LogP contribution in [0.2, 0.25) is 0 Å². The van der Waals surface area contributed by atoms with E-state index in [2.05, 4.69) is 0 Å². The molecule has 1 unspecified atom stereocenters. The predicted octanol–water partition coefficient (Wildman–Crippen LogP) is 0.811. The van der Waals surface area contributed by atoms with Gasteiger partial charge in [-0.2, -0.15) is 5.26 Å². The third-order valence-corrected chi connectivity index (χ3v) is 7.46. The molecule has 224 valence electrons. The summed E-state index contributed by atoms with van der Waals surface area (Å²) in [6, 6.07) is 5.32. The van der Waals surface area contributed by atoms with E-state index in [0.717, 1.165) is 17.3 Å². The molecular weight excluding hydrogens is 560 g/mol. The molecule has 0 saturated heterocycles. The van der Waals surface area contributed by atoms with E-state index in [9.17, 15) is 49.5 Å². The van der Waals surface area contributed by atoms with Crippen molar-refractivity contribution in [3.8, 4) is 5.40 Å². The lowest BCUT2D eigenvalue weighted by molar-refractivity contribution is -0.146. The molecule has 1 aromatic rings. The van der Waals surface area contributed by atoms with Gasteiger partial charge in [0.05, 0.1) is 32.7 Å². The van der Waals surface area contributed by atoms with Gasteiger partial charge in [-0.15, -0.1) is 0 Å². The number of thiocyanates is 1. The number of carboxylic acids is 5. The van der Waals surface area contributed by atoms with Gasteiger partial charge in [-0.3, -0.25) is 38.7 Å². The van der Waals surface area contributed by atoms with E-state index < -0.39 is 80.7 Å². The highest BCUT2D eigenvalue weighted by atomic mass is 32.2. The van der Waals surface area contributed by atoms with Gasteiger partial charge in [0.15, 0.2) is 0 Å². The molecule has 1 fully saturated rings. The number of nitriles is 1. The van der Waals surface area contributed by atoms with Gasteiger partial charge >= 0.3 is 29.8 Å². The van der Waals surface area contributed by atoms with Crippen LogP contribution in [0.1, 0.15) is 31.2 Å². The van der Waals surface area contributed by atoms with E-state index in [0.29, 0.717) is 30.6 Å². The summed E-state index contributed by atoms with van der Waals surface area (Å²) in [4.78, 5) is 62.9. The summed E-state index contributed by atoms with van der Waals surface area (Å²) in [6.45, 7) is -2.61. The molecule has 1 aliphatic rings. The van der Waals surface area contributed by atoms with Crippen LogP contribution in [0.25, 0.3) is 0 Å². The first-order valence-corrected chi connectivity index (χ1v) is 13.7. The SMILES string of the molecule is N#CSc1ccc(C[C@H](CN(CC(=O)O)[C@@H]2CCCC(N(CC(=O)O)CC(=O)O)C2)N(CC(=O)O)CC(=O)O)cc1. The summed E-state index contributed by atoms with van der Waals surface area (Å²) in [5.41, 5.74) is 0.726. The lowest BCUT2D eigenvalue weighted by Gasteiger charge is -2.42. The van der Waals surface area contributed by atoms with Crippen molar-refractivity contribution in [3.05, 3.63) is 29.8 Å². The van der Waals surface area contributed by atoms with Gasteiger partial charge in [0.2, 0.25) is 0 Å². The summed E-state index contributed by atoms with van der Waals surface area (Å²) in [5.74, 6) is -6.03. The molecule has 0 aliphatic heterocycles. The number of benzene rings is 1. The Hall–Kier alpha value is -3.71. The largest absolute Gasteiger partial charge is 0.480 e. The summed E-state index contributed by atoms with van der Waals surface area (Å²) >= 11 is 0.961. The maximum absolute atomic E-state index is 11.9. The lowest BCUT2D eigenvalue weighted by atomic mass is 9.88. The van der Waals surface area contributed by atoms with Crippen LogP contribution in [0.15, 0.2) is 29.2 Å². The molecule has 1 aromatic carbocycles. The normalized spacial score (nSPS) is 17.7. The second-order valence-corrected chi connectivity index (χ2v) is 10.7. The third kappa shape index (κ3) is 12.1. The Morgan fingerprint density at radius 3 is 1.71 bits per heavy atom. The standard InChI is InChI=1S/C26H34N4O10S/c27-16-41-21-6-4-17(5-7-21)8-20(30(14-25(37)38)15-26(39)40)10-28(11-22(31)32)18-2-1-3-19(9-18)29(12-23(33)34)13-24(35)36/h4-7,18-20H,1-3,8-15H2,(H,31,32)(H,33,34)(H,35,36)(H,37,38)(H,39,40)/t18-,19?,20-/m1/s1. The van der Waals surface area contributed by atoms with E-state index in [4.69, 9.17) is 5.26 Å². The van der Waals surface area contributed by atoms with Crippen molar-refractivity contribution in [1.82, 2.24) is 14.7 Å². The molecule has 41 heavy (non-hydrogen) atoms. The molecule has 3 atom stereocenters. The Bertz CT molecular complexity index is 1090. The van der Waals surface area contributed by atoms with E-state index in [-0.39, 0.29) is 13.0 Å². The summed E-state index contributed by atoms with van der Waals surface area (Å²) in [5, 5.41) is 58.1. The Labute approximate surface area is 240 Å². The van der Waals surface area contributed by atoms with Crippen LogP contribution in [-0.4, -0.2) is 127 Å². The molecule has 14 nitrogen and oxygen atoms in total. The van der Waals surface area contributed by atoms with Gasteiger partial charge in [0.25, 0.3) is 0 Å². The first-order chi connectivity index (χ1) is 19.4. The fraction of sp³-hybridized carbons (Fsp3) is 0.538. The van der Waals surface area contributed by atoms with Crippen molar-refractivity contribution in [2.75, 3.05) is 39.3 Å². The topological polar surface area (TPSA) is 220 Å². The Morgan fingerprint density at radius 1 is 0.780 bits per heavy atom. The lowest BCUT2D eigenvalue weighted by Crippen LogP contribution is -2.54. The molecule has 2 rings (SSSR count). The van der Waals surface area contributed by atoms with Crippen LogP contribution in [0.3, 0.4) is 0 Å². The fourth-order valence-electron chi connectivity index (χ4n) is 5.24. The molecule has 1 aliphatic carbocycles. The number of thioether (sulfide) groups is 1. The van der Waals surface area contributed by atoms with E-state index in [1.807, 2.05) is 5.40 Å². The summed E-state index contributed by atoms with van der Waals surface area (Å²) in [6.07, 6.45) is 2.13. The molecule has 0 amide bonds. The van der Waals surface area contributed by atoms with Crippen LogP contribution >= 0.6 is 11.8 Å². The van der Waals surface area contributed by atoms with Gasteiger partial charge in [-0.25, -0.2) is 0 Å². The highest BCUT2D eigenvalue weighted by Crippen LogP contribution is 2.28. The quantitative estimate of drug-likeness (QED) is 0.117. The van der Waals surface area contributed by atoms with Crippen molar-refractivity contribution in [1.29, 1.82) is 5.26 Å². The molecule has 1 saturated carbocycles. The molecular formula is C26H34N4O10S. The van der Waals surface area contributed by atoms with Crippen LogP contribution < -0.4 is 0 Å². The second kappa shape index (κ2) is 16.5. The second-order valence-electron chi connectivity index (χ2n) is 9.88. The van der Waals surface area contributed by atoms with Crippen molar-refractivity contribution < 1.29 is 49.5 Å². The summed E-state index contributed by atoms with van der Waals surface area (Å²) < 4.78 is 0. The summed E-state index contributed by atoms with van der Waals surface area (Å²) in [7, 11) is 0. The van der Waals surface area contributed by atoms with Crippen molar-refractivity contribution in [2.24, 2.45) is 0 Å². The predicted molar refractivity (Wildman–Crippen MR) is 144 cm³/mol. The monoisotopic (exact) mass is 594 g/mol. The number of rotatable bonds is 18. The molecule has 0 bridgehead atoms. The zero-order chi connectivity index (χ0) is 30.5. The van der Waals surface area contributed by atoms with Gasteiger partial charge < -0.3 is 25.5 Å². The van der Waals surface area contributed by atoms with Crippen LogP contribution in [0.4, 0.5) is 0 Å². The fourth-order valence-corrected chi connectivity index (χ4v) is 5.62. The zero-order valence-corrected chi connectivity index (χ0v) is 23.1. The molecule has 0 aromatic heterocycles. The minimum absolute atomic E-state index is 0.00317. The highest BCUT2D eigenvalue weighted by Gasteiger charge is 2.35. The van der Waals surface area contributed by atoms with Gasteiger partial charge in [-0.05, 0) is 55.1 Å². The van der Waals surface area contributed by atoms with Gasteiger partial charge in [0.1, 0.15) is 5.40 Å². The Balaban J connectivity index is 2.39. The molecule has 15 heteroatoms. The number of carbonyl (C=O) groups is 5. The Kier molecular flexibility index (Phi) is 13.5. The maximum Gasteiger partial charge on any atom is 0.317 e. The maximum atomic E-state index is 11.9. The van der Waals surface area contributed by atoms with E-state index in [1.54, 1.807) is 29.2 Å². The van der Waals surface area contributed by atoms with E-state index >= 15 is 0 Å². The van der Waals surface area contributed by atoms with Gasteiger partial charge in [0, 0.05) is 29.6 Å². The number of carboxylic acid groups (broad SMARTS) is 5. The third-order valence-electron chi connectivity index (χ3n) is 6.86. The van der Waals surface area contributed by atoms with Crippen molar-refractivity contribution >= 4 is 41.6 Å². The zero-order valence-electron chi connectivity index (χ0n) is 22.3. The average Bonchev–Trinajstić information content (AvgIpc) is 2.87. The smallest absolute Gasteiger partial charge is 0.317 e. The first-order valence-electron chi connectivity index (χ1n) is 12.8. The van der Waals surface area contributed by atoms with Crippen LogP contribution in [0.5, 0.6) is 0 Å². The molecule has 0 radical (unpaired) electrons. The molecule has 0 heterocycles.